The number of hydrogen-bond donors (Lipinski definition) is 0. The van der Waals surface area contributed by atoms with Crippen LogP contribution in [0.25, 0.3) is 0 Å². The van der Waals surface area contributed by atoms with Crippen molar-refractivity contribution < 1.29 is 52.1 Å². The molecular formula is C39H46O11. The van der Waals surface area contributed by atoms with E-state index in [1.165, 1.54) is 0 Å². The smallest absolute Gasteiger partial charge is 0.190 e. The largest absolute Gasteiger partial charge is 0.368 e. The van der Waals surface area contributed by atoms with E-state index < -0.39 is 79.3 Å². The Hall–Kier alpha value is -2.78. The molecule has 0 saturated carbocycles. The molecule has 11 heteroatoms. The predicted molar refractivity (Wildman–Crippen MR) is 177 cm³/mol. The SMILES string of the molecule is CC1(C)OCC([C@H]2O[C@@H]3OC(C)(C)OC3[C@H]2O[C@H]2OC3COC(c4ccccc4)O[C@H]3[C@H](OCc3ccccc3)C2OCc2ccccc2)O1. The second-order valence-corrected chi connectivity index (χ2v) is 14.3. The van der Waals surface area contributed by atoms with Crippen molar-refractivity contribution in [2.24, 2.45) is 0 Å². The first-order valence-corrected chi connectivity index (χ1v) is 17.5. The molecule has 0 spiro atoms. The molecule has 268 valence electrons. The summed E-state index contributed by atoms with van der Waals surface area (Å²) in [6.07, 6.45) is -6.73. The number of fused-ring (bicyclic) bond motifs is 2. The van der Waals surface area contributed by atoms with E-state index in [0.717, 1.165) is 16.7 Å². The van der Waals surface area contributed by atoms with E-state index >= 15 is 0 Å². The third-order valence-corrected chi connectivity index (χ3v) is 9.64. The summed E-state index contributed by atoms with van der Waals surface area (Å²) in [7, 11) is 0. The van der Waals surface area contributed by atoms with Gasteiger partial charge in [-0.1, -0.05) is 91.0 Å². The minimum Gasteiger partial charge on any atom is -0.368 e. The lowest BCUT2D eigenvalue weighted by atomic mass is 9.96. The van der Waals surface area contributed by atoms with E-state index in [4.69, 9.17) is 52.1 Å². The molecule has 11 nitrogen and oxygen atoms in total. The molecule has 0 radical (unpaired) electrons. The standard InChI is InChI=1S/C39H46O11/c1-38(2)43-23-28(48-38)30-32(34-37(46-30)50-39(3,4)49-34)47-36-33(41-21-25-16-10-6-11-17-25)31(40-20-24-14-8-5-9-15-24)29-27(44-36)22-42-35(45-29)26-18-12-7-13-19-26/h5-19,27-37H,20-23H2,1-4H3/t27?,28?,29-,30-,31+,32+,33?,34?,35?,36-,37-/m1/s1. The predicted octanol–water partition coefficient (Wildman–Crippen LogP) is 5.41. The Balaban J connectivity index is 1.12. The van der Waals surface area contributed by atoms with E-state index in [2.05, 4.69) is 0 Å². The molecule has 5 unspecified atom stereocenters. The summed E-state index contributed by atoms with van der Waals surface area (Å²) in [5, 5.41) is 0. The summed E-state index contributed by atoms with van der Waals surface area (Å²) in [5.41, 5.74) is 2.93. The number of benzene rings is 3. The van der Waals surface area contributed by atoms with Crippen molar-refractivity contribution in [2.75, 3.05) is 13.2 Å². The topological polar surface area (TPSA) is 102 Å². The van der Waals surface area contributed by atoms with Crippen molar-refractivity contribution in [3.63, 3.8) is 0 Å². The van der Waals surface area contributed by atoms with E-state index in [1.54, 1.807) is 0 Å². The molecule has 3 aromatic rings. The highest BCUT2D eigenvalue weighted by Crippen LogP contribution is 2.44. The van der Waals surface area contributed by atoms with Gasteiger partial charge in [0.2, 0.25) is 0 Å². The van der Waals surface area contributed by atoms with Crippen molar-refractivity contribution >= 4 is 0 Å². The molecule has 50 heavy (non-hydrogen) atoms. The first-order valence-electron chi connectivity index (χ1n) is 17.5. The maximum Gasteiger partial charge on any atom is 0.190 e. The third-order valence-electron chi connectivity index (χ3n) is 9.64. The van der Waals surface area contributed by atoms with Crippen LogP contribution in [0.5, 0.6) is 0 Å². The average Bonchev–Trinajstić information content (AvgIpc) is 3.75. The van der Waals surface area contributed by atoms with E-state index in [9.17, 15) is 0 Å². The summed E-state index contributed by atoms with van der Waals surface area (Å²) in [5.74, 6) is -1.63. The lowest BCUT2D eigenvalue weighted by Crippen LogP contribution is -2.64. The zero-order valence-electron chi connectivity index (χ0n) is 28.8. The zero-order chi connectivity index (χ0) is 34.3. The molecule has 0 N–H and O–H groups in total. The summed E-state index contributed by atoms with van der Waals surface area (Å²) in [6, 6.07) is 29.9. The van der Waals surface area contributed by atoms with Crippen LogP contribution in [0.3, 0.4) is 0 Å². The van der Waals surface area contributed by atoms with Gasteiger partial charge in [-0.2, -0.15) is 0 Å². The molecule has 3 aromatic carbocycles. The second-order valence-electron chi connectivity index (χ2n) is 14.3. The van der Waals surface area contributed by atoms with E-state index in [-0.39, 0.29) is 6.61 Å². The fraction of sp³-hybridized carbons (Fsp3) is 0.538. The van der Waals surface area contributed by atoms with Crippen LogP contribution < -0.4 is 0 Å². The average molecular weight is 691 g/mol. The Morgan fingerprint density at radius 2 is 1.20 bits per heavy atom. The fourth-order valence-corrected chi connectivity index (χ4v) is 7.33. The third kappa shape index (κ3) is 7.41. The van der Waals surface area contributed by atoms with E-state index in [0.29, 0.717) is 19.8 Å². The van der Waals surface area contributed by atoms with Gasteiger partial charge in [0.05, 0.1) is 26.4 Å². The van der Waals surface area contributed by atoms with E-state index in [1.807, 2.05) is 119 Å². The van der Waals surface area contributed by atoms with Gasteiger partial charge >= 0.3 is 0 Å². The van der Waals surface area contributed by atoms with Crippen molar-refractivity contribution in [3.05, 3.63) is 108 Å². The van der Waals surface area contributed by atoms with Crippen molar-refractivity contribution in [2.45, 2.75) is 120 Å². The van der Waals surface area contributed by atoms with Gasteiger partial charge in [-0.05, 0) is 38.8 Å². The zero-order valence-corrected chi connectivity index (χ0v) is 28.8. The van der Waals surface area contributed by atoms with Crippen LogP contribution >= 0.6 is 0 Å². The molecule has 0 aromatic heterocycles. The molecule has 5 heterocycles. The normalized spacial score (nSPS) is 37.3. The highest BCUT2D eigenvalue weighted by atomic mass is 16.9. The highest BCUT2D eigenvalue weighted by molar-refractivity contribution is 5.18. The Morgan fingerprint density at radius 3 is 1.84 bits per heavy atom. The minimum absolute atomic E-state index is 0.262. The Morgan fingerprint density at radius 1 is 0.580 bits per heavy atom. The molecule has 0 amide bonds. The van der Waals surface area contributed by atoms with Gasteiger partial charge in [0.15, 0.2) is 30.4 Å². The van der Waals surface area contributed by atoms with Gasteiger partial charge in [-0.3, -0.25) is 0 Å². The number of hydrogen-bond acceptors (Lipinski definition) is 11. The molecule has 11 atom stereocenters. The van der Waals surface area contributed by atoms with Crippen LogP contribution in [0.2, 0.25) is 0 Å². The molecule has 5 saturated heterocycles. The highest BCUT2D eigenvalue weighted by Gasteiger charge is 2.61. The maximum atomic E-state index is 6.99. The Kier molecular flexibility index (Phi) is 9.83. The molecule has 8 rings (SSSR count). The molecule has 0 aliphatic carbocycles. The van der Waals surface area contributed by atoms with Crippen LogP contribution in [0.1, 0.15) is 50.7 Å². The van der Waals surface area contributed by atoms with Gasteiger partial charge < -0.3 is 52.1 Å². The lowest BCUT2D eigenvalue weighted by Gasteiger charge is -2.49. The summed E-state index contributed by atoms with van der Waals surface area (Å²) in [6.45, 7) is 8.71. The monoisotopic (exact) mass is 690 g/mol. The van der Waals surface area contributed by atoms with Crippen LogP contribution in [0.4, 0.5) is 0 Å². The van der Waals surface area contributed by atoms with Crippen LogP contribution in [0.15, 0.2) is 91.0 Å². The summed E-state index contributed by atoms with van der Waals surface area (Å²) >= 11 is 0. The minimum atomic E-state index is -0.918. The van der Waals surface area contributed by atoms with Gasteiger partial charge in [-0.15, -0.1) is 0 Å². The van der Waals surface area contributed by atoms with Crippen LogP contribution in [-0.2, 0) is 65.3 Å². The quantitative estimate of drug-likeness (QED) is 0.273. The molecule has 5 fully saturated rings. The van der Waals surface area contributed by atoms with Gasteiger partial charge in [-0.25, -0.2) is 0 Å². The number of ether oxygens (including phenoxy) is 11. The van der Waals surface area contributed by atoms with Gasteiger partial charge in [0.25, 0.3) is 0 Å². The summed E-state index contributed by atoms with van der Waals surface area (Å²) in [4.78, 5) is 0. The second kappa shape index (κ2) is 14.3. The van der Waals surface area contributed by atoms with Crippen LogP contribution in [0, 0.1) is 0 Å². The van der Waals surface area contributed by atoms with Crippen molar-refractivity contribution in [1.29, 1.82) is 0 Å². The Bertz CT molecular complexity index is 1540. The molecule has 0 bridgehead atoms. The molecule has 5 aliphatic rings. The van der Waals surface area contributed by atoms with Crippen molar-refractivity contribution in [3.8, 4) is 0 Å². The van der Waals surface area contributed by atoms with Crippen LogP contribution in [-0.4, -0.2) is 86.2 Å². The molecular weight excluding hydrogens is 644 g/mol. The van der Waals surface area contributed by atoms with Crippen molar-refractivity contribution in [1.82, 2.24) is 0 Å². The fourth-order valence-electron chi connectivity index (χ4n) is 7.33. The maximum absolute atomic E-state index is 6.99. The first kappa shape index (κ1) is 34.3. The molecule has 5 aliphatic heterocycles. The van der Waals surface area contributed by atoms with Gasteiger partial charge in [0.1, 0.15) is 48.8 Å². The summed E-state index contributed by atoms with van der Waals surface area (Å²) < 4.78 is 71.5. The number of rotatable bonds is 10. The first-order chi connectivity index (χ1) is 24.2. The Labute approximate surface area is 292 Å². The lowest BCUT2D eigenvalue weighted by molar-refractivity contribution is -0.381. The van der Waals surface area contributed by atoms with Gasteiger partial charge in [0, 0.05) is 5.56 Å².